The van der Waals surface area contributed by atoms with Crippen molar-refractivity contribution in [3.8, 4) is 0 Å². The molecule has 1 aromatic rings. The van der Waals surface area contributed by atoms with Crippen molar-refractivity contribution in [2.45, 2.75) is 48.8 Å². The predicted molar refractivity (Wildman–Crippen MR) is 102 cm³/mol. The van der Waals surface area contributed by atoms with E-state index in [0.717, 1.165) is 12.8 Å². The summed E-state index contributed by atoms with van der Waals surface area (Å²) in [7, 11) is 0. The number of urea groups is 1. The van der Waals surface area contributed by atoms with Crippen LogP contribution in [-0.4, -0.2) is 46.7 Å². The van der Waals surface area contributed by atoms with Gasteiger partial charge in [0.2, 0.25) is 0 Å². The van der Waals surface area contributed by atoms with Crippen LogP contribution in [0, 0.1) is 5.92 Å². The number of rotatable bonds is 6. The van der Waals surface area contributed by atoms with Gasteiger partial charge in [0.1, 0.15) is 5.54 Å². The molecule has 162 valence electrons. The Labute approximate surface area is 175 Å². The lowest BCUT2D eigenvalue weighted by Gasteiger charge is -2.33. The molecule has 1 aromatic carbocycles. The van der Waals surface area contributed by atoms with Gasteiger partial charge in [-0.05, 0) is 55.9 Å². The number of benzene rings is 1. The van der Waals surface area contributed by atoms with Crippen molar-refractivity contribution in [2.75, 3.05) is 6.61 Å². The molecule has 1 heterocycles. The lowest BCUT2D eigenvalue weighted by atomic mass is 9.77. The fraction of sp³-hybridized carbons (Fsp3) is 0.474. The molecule has 3 rings (SSSR count). The topological polar surface area (TPSA) is 105 Å². The first-order valence-corrected chi connectivity index (χ1v) is 10.3. The van der Waals surface area contributed by atoms with Gasteiger partial charge in [-0.3, -0.25) is 15.0 Å². The van der Waals surface area contributed by atoms with E-state index in [9.17, 15) is 28.0 Å². The SMILES string of the molecule is CC1CCC2(CC1)NC(=O)N(NC(=O)COC(=O)c1ccc(SC(F)F)cc1)C2=O. The molecular weight excluding hydrogens is 420 g/mol. The number of hydrogen-bond donors (Lipinski definition) is 2. The van der Waals surface area contributed by atoms with Gasteiger partial charge in [0.15, 0.2) is 6.61 Å². The van der Waals surface area contributed by atoms with Gasteiger partial charge in [-0.2, -0.15) is 13.8 Å². The molecule has 1 spiro atoms. The highest BCUT2D eigenvalue weighted by atomic mass is 32.2. The quantitative estimate of drug-likeness (QED) is 0.400. The average Bonchev–Trinajstić information content (AvgIpc) is 2.93. The maximum atomic E-state index is 12.7. The molecule has 30 heavy (non-hydrogen) atoms. The van der Waals surface area contributed by atoms with E-state index >= 15 is 0 Å². The van der Waals surface area contributed by atoms with Crippen molar-refractivity contribution in [1.82, 2.24) is 15.8 Å². The van der Waals surface area contributed by atoms with Gasteiger partial charge in [0.25, 0.3) is 17.6 Å². The number of amides is 4. The van der Waals surface area contributed by atoms with Crippen LogP contribution in [0.2, 0.25) is 0 Å². The molecule has 2 N–H and O–H groups in total. The van der Waals surface area contributed by atoms with Crippen LogP contribution in [0.4, 0.5) is 13.6 Å². The standard InChI is InChI=1S/C19H21F2N3O5S/c1-11-6-8-19(9-7-11)16(27)24(18(28)22-19)23-14(25)10-29-15(26)12-2-4-13(5-3-12)30-17(20)21/h2-5,11,17H,6-10H2,1H3,(H,22,28)(H,23,25). The Morgan fingerprint density at radius 3 is 2.50 bits per heavy atom. The Morgan fingerprint density at radius 1 is 1.27 bits per heavy atom. The zero-order valence-electron chi connectivity index (χ0n) is 16.2. The predicted octanol–water partition coefficient (Wildman–Crippen LogP) is 2.69. The normalized spacial score (nSPS) is 23.6. The lowest BCUT2D eigenvalue weighted by Crippen LogP contribution is -2.52. The molecule has 4 amide bonds. The number of carbonyl (C=O) groups excluding carboxylic acids is 4. The van der Waals surface area contributed by atoms with Gasteiger partial charge in [0, 0.05) is 4.90 Å². The van der Waals surface area contributed by atoms with Crippen molar-refractivity contribution < 1.29 is 32.7 Å². The molecule has 2 aliphatic rings. The molecule has 0 aromatic heterocycles. The number of imide groups is 1. The minimum absolute atomic E-state index is 0.0756. The number of thioether (sulfide) groups is 1. The Bertz CT molecular complexity index is 841. The van der Waals surface area contributed by atoms with Crippen LogP contribution >= 0.6 is 11.8 Å². The van der Waals surface area contributed by atoms with Gasteiger partial charge in [-0.1, -0.05) is 18.7 Å². The van der Waals surface area contributed by atoms with Crippen LogP contribution in [0.5, 0.6) is 0 Å². The molecule has 0 bridgehead atoms. The Morgan fingerprint density at radius 2 is 1.90 bits per heavy atom. The van der Waals surface area contributed by atoms with Crippen molar-refractivity contribution in [3.05, 3.63) is 29.8 Å². The summed E-state index contributed by atoms with van der Waals surface area (Å²) in [5.41, 5.74) is 1.25. The highest BCUT2D eigenvalue weighted by Gasteiger charge is 2.52. The number of halogens is 2. The number of esters is 1. The Hall–Kier alpha value is -2.69. The van der Waals surface area contributed by atoms with Crippen LogP contribution in [0.3, 0.4) is 0 Å². The average molecular weight is 441 g/mol. The second-order valence-electron chi connectivity index (χ2n) is 7.35. The summed E-state index contributed by atoms with van der Waals surface area (Å²) in [6.07, 6.45) is 2.58. The molecule has 0 radical (unpaired) electrons. The summed E-state index contributed by atoms with van der Waals surface area (Å²) < 4.78 is 29.5. The van der Waals surface area contributed by atoms with E-state index in [2.05, 4.69) is 17.7 Å². The van der Waals surface area contributed by atoms with Gasteiger partial charge < -0.3 is 10.1 Å². The monoisotopic (exact) mass is 441 g/mol. The highest BCUT2D eigenvalue weighted by molar-refractivity contribution is 7.99. The maximum Gasteiger partial charge on any atom is 0.344 e. The van der Waals surface area contributed by atoms with E-state index in [0.29, 0.717) is 35.5 Å². The zero-order chi connectivity index (χ0) is 21.9. The van der Waals surface area contributed by atoms with Crippen molar-refractivity contribution >= 4 is 35.6 Å². The third-order valence-corrected chi connectivity index (χ3v) is 5.90. The van der Waals surface area contributed by atoms with E-state index in [1.807, 2.05) is 0 Å². The molecular formula is C19H21F2N3O5S. The van der Waals surface area contributed by atoms with Gasteiger partial charge in [0.05, 0.1) is 5.56 Å². The van der Waals surface area contributed by atoms with Gasteiger partial charge in [-0.15, -0.1) is 0 Å². The molecule has 1 aliphatic heterocycles. The third-order valence-electron chi connectivity index (χ3n) is 5.18. The lowest BCUT2D eigenvalue weighted by molar-refractivity contribution is -0.141. The molecule has 2 fully saturated rings. The number of alkyl halides is 2. The molecule has 1 aliphatic carbocycles. The fourth-order valence-corrected chi connectivity index (χ4v) is 3.96. The Balaban J connectivity index is 1.51. The second kappa shape index (κ2) is 8.99. The number of hydrazine groups is 1. The Kier molecular flexibility index (Phi) is 6.59. The number of hydrogen-bond acceptors (Lipinski definition) is 6. The maximum absolute atomic E-state index is 12.7. The first-order valence-electron chi connectivity index (χ1n) is 9.38. The minimum Gasteiger partial charge on any atom is -0.452 e. The first kappa shape index (κ1) is 22.0. The van der Waals surface area contributed by atoms with Crippen molar-refractivity contribution in [1.29, 1.82) is 0 Å². The smallest absolute Gasteiger partial charge is 0.344 e. The molecule has 0 atom stereocenters. The van der Waals surface area contributed by atoms with E-state index in [4.69, 9.17) is 4.74 Å². The summed E-state index contributed by atoms with van der Waals surface area (Å²) in [6.45, 7) is 1.36. The van der Waals surface area contributed by atoms with Crippen LogP contribution in [-0.2, 0) is 14.3 Å². The van der Waals surface area contributed by atoms with E-state index in [1.54, 1.807) is 0 Å². The zero-order valence-corrected chi connectivity index (χ0v) is 17.0. The number of ether oxygens (including phenoxy) is 1. The van der Waals surface area contributed by atoms with Crippen LogP contribution < -0.4 is 10.7 Å². The van der Waals surface area contributed by atoms with Gasteiger partial charge >= 0.3 is 12.0 Å². The van der Waals surface area contributed by atoms with E-state index < -0.39 is 41.7 Å². The summed E-state index contributed by atoms with van der Waals surface area (Å²) >= 11 is 0.340. The third kappa shape index (κ3) is 4.89. The number of nitrogens with zero attached hydrogens (tertiary/aromatic N) is 1. The fourth-order valence-electron chi connectivity index (χ4n) is 3.46. The molecule has 1 saturated heterocycles. The van der Waals surface area contributed by atoms with E-state index in [1.165, 1.54) is 24.3 Å². The summed E-state index contributed by atoms with van der Waals surface area (Å²) in [6, 6.07) is 4.56. The number of carbonyl (C=O) groups is 4. The molecule has 8 nitrogen and oxygen atoms in total. The van der Waals surface area contributed by atoms with Crippen LogP contribution in [0.1, 0.15) is 43.0 Å². The largest absolute Gasteiger partial charge is 0.452 e. The summed E-state index contributed by atoms with van der Waals surface area (Å²) in [4.78, 5) is 49.2. The van der Waals surface area contributed by atoms with Gasteiger partial charge in [-0.25, -0.2) is 9.59 Å². The van der Waals surface area contributed by atoms with Crippen molar-refractivity contribution in [2.24, 2.45) is 5.92 Å². The molecule has 11 heteroatoms. The van der Waals surface area contributed by atoms with Crippen molar-refractivity contribution in [3.63, 3.8) is 0 Å². The first-order chi connectivity index (χ1) is 14.2. The summed E-state index contributed by atoms with van der Waals surface area (Å²) in [5.74, 6) is -4.32. The minimum atomic E-state index is -2.58. The van der Waals surface area contributed by atoms with E-state index in [-0.39, 0.29) is 10.5 Å². The highest BCUT2D eigenvalue weighted by Crippen LogP contribution is 2.35. The second-order valence-corrected chi connectivity index (χ2v) is 8.41. The van der Waals surface area contributed by atoms with Crippen LogP contribution in [0.25, 0.3) is 0 Å². The number of nitrogens with one attached hydrogen (secondary N) is 2. The molecule has 0 unspecified atom stereocenters. The molecule has 1 saturated carbocycles. The van der Waals surface area contributed by atoms with Crippen LogP contribution in [0.15, 0.2) is 29.2 Å². The summed E-state index contributed by atoms with van der Waals surface area (Å²) in [5, 5.41) is 3.29.